The molecule has 0 unspecified atom stereocenters. The highest BCUT2D eigenvalue weighted by atomic mass is 35.5. The summed E-state index contributed by atoms with van der Waals surface area (Å²) in [6.45, 7) is -0.736. The molecule has 42 heavy (non-hydrogen) atoms. The van der Waals surface area contributed by atoms with Crippen molar-refractivity contribution in [3.63, 3.8) is 0 Å². The smallest absolute Gasteiger partial charge is 0.244 e. The van der Waals surface area contributed by atoms with Crippen molar-refractivity contribution in [2.75, 3.05) is 17.1 Å². The van der Waals surface area contributed by atoms with Gasteiger partial charge in [-0.3, -0.25) is 13.9 Å². The van der Waals surface area contributed by atoms with Gasteiger partial charge >= 0.3 is 0 Å². The fraction of sp³-hybridized carbons (Fsp3) is 0.355. The summed E-state index contributed by atoms with van der Waals surface area (Å²) < 4.78 is 54.1. The Labute approximate surface area is 250 Å². The first-order valence-corrected chi connectivity index (χ1v) is 16.0. The van der Waals surface area contributed by atoms with Crippen molar-refractivity contribution >= 4 is 39.1 Å². The lowest BCUT2D eigenvalue weighted by molar-refractivity contribution is -0.140. The number of nitrogens with one attached hydrogen (secondary N) is 1. The molecule has 1 atom stereocenters. The Kier molecular flexibility index (Phi) is 10.6. The second kappa shape index (κ2) is 14.1. The van der Waals surface area contributed by atoms with Crippen LogP contribution in [0.2, 0.25) is 5.02 Å². The average molecular weight is 618 g/mol. The summed E-state index contributed by atoms with van der Waals surface area (Å²) in [5.74, 6) is -2.20. The predicted octanol–water partition coefficient (Wildman–Crippen LogP) is 5.47. The molecule has 1 N–H and O–H groups in total. The number of anilines is 1. The molecule has 0 bridgehead atoms. The quantitative estimate of drug-likeness (QED) is 0.309. The van der Waals surface area contributed by atoms with Crippen molar-refractivity contribution in [1.82, 2.24) is 10.2 Å². The van der Waals surface area contributed by atoms with Crippen LogP contribution in [0, 0.1) is 11.6 Å². The topological polar surface area (TPSA) is 86.8 Å². The van der Waals surface area contributed by atoms with Crippen molar-refractivity contribution < 1.29 is 26.8 Å². The molecule has 0 heterocycles. The summed E-state index contributed by atoms with van der Waals surface area (Å²) in [6, 6.07) is 17.1. The van der Waals surface area contributed by atoms with Crippen molar-refractivity contribution in [3.8, 4) is 0 Å². The SMILES string of the molecule is CS(=O)(=O)N(CC(=O)N(Cc1ccc(F)cc1)[C@H](Cc1ccccc1)C(=O)NC1CCCCC1)c1ccc(F)c(Cl)c1. The standard InChI is InChI=1S/C31H34ClF2N3O4S/c1-42(40,41)37(26-16-17-28(34)27(32)19-26)21-30(38)36(20-23-12-14-24(33)15-13-23)29(18-22-8-4-2-5-9-22)31(39)35-25-10-6-3-7-11-25/h2,4-5,8-9,12-17,19,25,29H,3,6-7,10-11,18,20-21H2,1H3,(H,35,39)/t29-/m1/s1. The summed E-state index contributed by atoms with van der Waals surface area (Å²) >= 11 is 5.93. The van der Waals surface area contributed by atoms with Gasteiger partial charge in [0, 0.05) is 19.0 Å². The summed E-state index contributed by atoms with van der Waals surface area (Å²) in [5.41, 5.74) is 1.37. The first-order chi connectivity index (χ1) is 20.0. The number of hydrogen-bond acceptors (Lipinski definition) is 4. The van der Waals surface area contributed by atoms with E-state index < -0.39 is 40.2 Å². The fourth-order valence-corrected chi connectivity index (χ4v) is 6.15. The second-order valence-corrected chi connectivity index (χ2v) is 12.9. The second-order valence-electron chi connectivity index (χ2n) is 10.6. The molecular formula is C31H34ClF2N3O4S. The molecule has 7 nitrogen and oxygen atoms in total. The minimum absolute atomic E-state index is 0.00486. The van der Waals surface area contributed by atoms with E-state index in [0.29, 0.717) is 5.56 Å². The van der Waals surface area contributed by atoms with Gasteiger partial charge in [-0.05, 0) is 54.3 Å². The Bertz CT molecular complexity index is 1480. The van der Waals surface area contributed by atoms with E-state index in [4.69, 9.17) is 11.6 Å². The van der Waals surface area contributed by atoms with Gasteiger partial charge in [0.2, 0.25) is 21.8 Å². The maximum Gasteiger partial charge on any atom is 0.244 e. The molecule has 3 aromatic carbocycles. The Hall–Kier alpha value is -3.50. The molecule has 224 valence electrons. The zero-order valence-electron chi connectivity index (χ0n) is 23.3. The molecule has 3 aromatic rings. The molecule has 4 rings (SSSR count). The number of carbonyl (C=O) groups excluding carboxylic acids is 2. The van der Waals surface area contributed by atoms with E-state index in [0.717, 1.165) is 60.4 Å². The van der Waals surface area contributed by atoms with Crippen LogP contribution in [0.15, 0.2) is 72.8 Å². The third-order valence-electron chi connectivity index (χ3n) is 7.36. The lowest BCUT2D eigenvalue weighted by atomic mass is 9.94. The van der Waals surface area contributed by atoms with Crippen LogP contribution in [-0.2, 0) is 32.6 Å². The van der Waals surface area contributed by atoms with Gasteiger partial charge in [-0.15, -0.1) is 0 Å². The monoisotopic (exact) mass is 617 g/mol. The van der Waals surface area contributed by atoms with Gasteiger partial charge < -0.3 is 10.2 Å². The fourth-order valence-electron chi connectivity index (χ4n) is 5.14. The molecule has 0 aromatic heterocycles. The molecule has 0 aliphatic heterocycles. The number of benzene rings is 3. The van der Waals surface area contributed by atoms with Crippen LogP contribution in [0.4, 0.5) is 14.5 Å². The molecule has 2 amide bonds. The van der Waals surface area contributed by atoms with Crippen molar-refractivity contribution in [1.29, 1.82) is 0 Å². The van der Waals surface area contributed by atoms with Gasteiger partial charge in [0.25, 0.3) is 0 Å². The highest BCUT2D eigenvalue weighted by Gasteiger charge is 2.34. The summed E-state index contributed by atoms with van der Waals surface area (Å²) in [5, 5.41) is 2.81. The molecule has 11 heteroatoms. The van der Waals surface area contributed by atoms with E-state index in [1.807, 2.05) is 30.3 Å². The van der Waals surface area contributed by atoms with Gasteiger partial charge in [0.1, 0.15) is 24.2 Å². The summed E-state index contributed by atoms with van der Waals surface area (Å²) in [4.78, 5) is 29.3. The number of nitrogens with zero attached hydrogens (tertiary/aromatic N) is 2. The summed E-state index contributed by atoms with van der Waals surface area (Å²) in [7, 11) is -4.03. The molecule has 1 aliphatic rings. The van der Waals surface area contributed by atoms with Gasteiger partial charge in [-0.25, -0.2) is 17.2 Å². The average Bonchev–Trinajstić information content (AvgIpc) is 2.96. The maximum absolute atomic E-state index is 14.1. The Morgan fingerprint density at radius 1 is 0.952 bits per heavy atom. The molecule has 1 fully saturated rings. The lowest BCUT2D eigenvalue weighted by Gasteiger charge is -2.35. The van der Waals surface area contributed by atoms with Gasteiger partial charge in [-0.1, -0.05) is 73.3 Å². The van der Waals surface area contributed by atoms with Crippen molar-refractivity contribution in [2.45, 2.75) is 57.2 Å². The molecule has 0 radical (unpaired) electrons. The number of sulfonamides is 1. The number of rotatable bonds is 11. The van der Waals surface area contributed by atoms with Crippen LogP contribution in [0.1, 0.15) is 43.2 Å². The van der Waals surface area contributed by atoms with Crippen LogP contribution in [0.3, 0.4) is 0 Å². The highest BCUT2D eigenvalue weighted by molar-refractivity contribution is 7.92. The van der Waals surface area contributed by atoms with E-state index in [-0.39, 0.29) is 35.6 Å². The van der Waals surface area contributed by atoms with Crippen LogP contribution >= 0.6 is 11.6 Å². The van der Waals surface area contributed by atoms with Crippen LogP contribution in [0.5, 0.6) is 0 Å². The maximum atomic E-state index is 14.1. The third-order valence-corrected chi connectivity index (χ3v) is 8.79. The first kappa shape index (κ1) is 31.4. The normalized spacial score (nSPS) is 14.7. The van der Waals surface area contributed by atoms with Gasteiger partial charge in [0.05, 0.1) is 17.0 Å². The number of carbonyl (C=O) groups is 2. The van der Waals surface area contributed by atoms with E-state index in [2.05, 4.69) is 5.32 Å². The van der Waals surface area contributed by atoms with Crippen molar-refractivity contribution in [3.05, 3.63) is 101 Å². The number of hydrogen-bond donors (Lipinski definition) is 1. The predicted molar refractivity (Wildman–Crippen MR) is 159 cm³/mol. The number of amides is 2. The van der Waals surface area contributed by atoms with Crippen LogP contribution in [-0.4, -0.2) is 50.0 Å². The molecule has 0 spiro atoms. The first-order valence-electron chi connectivity index (χ1n) is 13.8. The molecular weight excluding hydrogens is 584 g/mol. The zero-order chi connectivity index (χ0) is 30.3. The molecule has 0 saturated heterocycles. The van der Waals surface area contributed by atoms with Crippen LogP contribution in [0.25, 0.3) is 0 Å². The third kappa shape index (κ3) is 8.51. The molecule has 1 saturated carbocycles. The van der Waals surface area contributed by atoms with Crippen LogP contribution < -0.4 is 9.62 Å². The van der Waals surface area contributed by atoms with Gasteiger partial charge in [-0.2, -0.15) is 0 Å². The number of halogens is 3. The lowest BCUT2D eigenvalue weighted by Crippen LogP contribution is -2.55. The van der Waals surface area contributed by atoms with Gasteiger partial charge in [0.15, 0.2) is 0 Å². The Morgan fingerprint density at radius 3 is 2.24 bits per heavy atom. The summed E-state index contributed by atoms with van der Waals surface area (Å²) in [6.07, 6.45) is 5.87. The zero-order valence-corrected chi connectivity index (χ0v) is 24.9. The van der Waals surface area contributed by atoms with E-state index in [1.165, 1.54) is 35.2 Å². The van der Waals surface area contributed by atoms with E-state index in [1.54, 1.807) is 0 Å². The molecule has 1 aliphatic carbocycles. The largest absolute Gasteiger partial charge is 0.352 e. The Morgan fingerprint density at radius 2 is 1.62 bits per heavy atom. The highest BCUT2D eigenvalue weighted by Crippen LogP contribution is 2.26. The Balaban J connectivity index is 1.72. The minimum Gasteiger partial charge on any atom is -0.352 e. The van der Waals surface area contributed by atoms with Crippen molar-refractivity contribution in [2.24, 2.45) is 0 Å². The van der Waals surface area contributed by atoms with E-state index in [9.17, 15) is 26.8 Å². The van der Waals surface area contributed by atoms with E-state index >= 15 is 0 Å². The minimum atomic E-state index is -4.03.